The number of carbonyl (C=O) groups excluding carboxylic acids is 2. The summed E-state index contributed by atoms with van der Waals surface area (Å²) >= 11 is 0. The fourth-order valence-corrected chi connectivity index (χ4v) is 4.88. The van der Waals surface area contributed by atoms with E-state index in [9.17, 15) is 14.0 Å². The number of hydrogen-bond donors (Lipinski definition) is 2. The van der Waals surface area contributed by atoms with Crippen LogP contribution in [0.4, 0.5) is 15.8 Å². The summed E-state index contributed by atoms with van der Waals surface area (Å²) in [6.07, 6.45) is 0. The number of rotatable bonds is 7. The number of halogens is 1. The average molecular weight is 511 g/mol. The Bertz CT molecular complexity index is 1440. The molecule has 0 saturated carbocycles. The molecule has 4 aromatic rings. The van der Waals surface area contributed by atoms with Crippen LogP contribution in [0.15, 0.2) is 84.9 Å². The lowest BCUT2D eigenvalue weighted by Gasteiger charge is -2.35. The molecular formula is C31H31FN4O2. The Hall–Kier alpha value is -4.23. The van der Waals surface area contributed by atoms with Gasteiger partial charge in [0.2, 0.25) is 5.91 Å². The van der Waals surface area contributed by atoms with Crippen molar-refractivity contribution in [3.05, 3.63) is 107 Å². The zero-order chi connectivity index (χ0) is 26.5. The summed E-state index contributed by atoms with van der Waals surface area (Å²) in [5.41, 5.74) is 4.02. The normalized spacial score (nSPS) is 13.9. The van der Waals surface area contributed by atoms with Gasteiger partial charge in [0.1, 0.15) is 5.82 Å². The van der Waals surface area contributed by atoms with E-state index in [2.05, 4.69) is 38.6 Å². The Kier molecular flexibility index (Phi) is 7.65. The molecule has 0 aliphatic carbocycles. The van der Waals surface area contributed by atoms with Crippen molar-refractivity contribution in [3.63, 3.8) is 0 Å². The van der Waals surface area contributed by atoms with Gasteiger partial charge in [-0.2, -0.15) is 0 Å². The first-order valence-corrected chi connectivity index (χ1v) is 12.8. The summed E-state index contributed by atoms with van der Waals surface area (Å²) in [5.74, 6) is -0.541. The highest BCUT2D eigenvalue weighted by atomic mass is 19.1. The highest BCUT2D eigenvalue weighted by Crippen LogP contribution is 2.20. The number of benzene rings is 4. The minimum atomic E-state index is -0.245. The van der Waals surface area contributed by atoms with E-state index in [-0.39, 0.29) is 24.2 Å². The van der Waals surface area contributed by atoms with Crippen molar-refractivity contribution in [3.8, 4) is 0 Å². The van der Waals surface area contributed by atoms with Crippen LogP contribution < -0.4 is 15.5 Å². The quantitative estimate of drug-likeness (QED) is 0.368. The van der Waals surface area contributed by atoms with Crippen LogP contribution in [-0.2, 0) is 11.3 Å². The lowest BCUT2D eigenvalue weighted by Crippen LogP contribution is -2.48. The third-order valence-electron chi connectivity index (χ3n) is 7.02. The maximum Gasteiger partial charge on any atom is 0.251 e. The molecule has 0 spiro atoms. The number of nitrogens with one attached hydrogen (secondary N) is 2. The molecule has 194 valence electrons. The molecule has 6 nitrogen and oxygen atoms in total. The highest BCUT2D eigenvalue weighted by molar-refractivity contribution is 5.99. The summed E-state index contributed by atoms with van der Waals surface area (Å²) in [6.45, 7) is 5.59. The van der Waals surface area contributed by atoms with Gasteiger partial charge in [-0.05, 0) is 65.2 Å². The Morgan fingerprint density at radius 2 is 1.61 bits per heavy atom. The van der Waals surface area contributed by atoms with Gasteiger partial charge in [0.15, 0.2) is 0 Å². The van der Waals surface area contributed by atoms with E-state index in [1.165, 1.54) is 12.1 Å². The van der Waals surface area contributed by atoms with Crippen LogP contribution in [0.1, 0.15) is 21.5 Å². The van der Waals surface area contributed by atoms with Crippen LogP contribution in [0, 0.1) is 12.7 Å². The molecule has 0 atom stereocenters. The molecule has 1 saturated heterocycles. The number of piperazine rings is 1. The Balaban J connectivity index is 1.15. The summed E-state index contributed by atoms with van der Waals surface area (Å²) in [5, 5.41) is 8.23. The maximum atomic E-state index is 13.2. The zero-order valence-corrected chi connectivity index (χ0v) is 21.4. The molecule has 0 bridgehead atoms. The lowest BCUT2D eigenvalue weighted by molar-refractivity contribution is -0.117. The summed E-state index contributed by atoms with van der Waals surface area (Å²) in [4.78, 5) is 30.1. The van der Waals surface area contributed by atoms with Crippen molar-refractivity contribution in [2.45, 2.75) is 13.5 Å². The predicted molar refractivity (Wildman–Crippen MR) is 150 cm³/mol. The van der Waals surface area contributed by atoms with Gasteiger partial charge >= 0.3 is 0 Å². The van der Waals surface area contributed by atoms with Crippen LogP contribution in [0.25, 0.3) is 10.8 Å². The molecule has 1 aliphatic heterocycles. The predicted octanol–water partition coefficient (Wildman–Crippen LogP) is 4.98. The van der Waals surface area contributed by atoms with E-state index in [1.54, 1.807) is 18.2 Å². The van der Waals surface area contributed by atoms with Gasteiger partial charge in [0, 0.05) is 49.7 Å². The standard InChI is InChI=1S/C31H31FN4O2/c1-22-9-12-26(19-29(22)31(38)33-20-24-7-4-6-23-5-2-3-8-28(23)24)34-30(37)21-35-15-17-36(18-16-35)27-13-10-25(32)11-14-27/h2-14,19H,15-18,20-21H2,1H3,(H,33,38)(H,34,37). The summed E-state index contributed by atoms with van der Waals surface area (Å²) in [6, 6.07) is 26.1. The van der Waals surface area contributed by atoms with Gasteiger partial charge in [0.05, 0.1) is 6.54 Å². The molecule has 38 heavy (non-hydrogen) atoms. The summed E-state index contributed by atoms with van der Waals surface area (Å²) < 4.78 is 13.2. The largest absolute Gasteiger partial charge is 0.369 e. The molecule has 1 heterocycles. The second-order valence-electron chi connectivity index (χ2n) is 9.64. The SMILES string of the molecule is Cc1ccc(NC(=O)CN2CCN(c3ccc(F)cc3)CC2)cc1C(=O)NCc1cccc2ccccc12. The van der Waals surface area contributed by atoms with E-state index in [0.29, 0.717) is 17.8 Å². The monoisotopic (exact) mass is 510 g/mol. The first-order valence-electron chi connectivity index (χ1n) is 12.8. The van der Waals surface area contributed by atoms with E-state index in [0.717, 1.165) is 53.8 Å². The number of anilines is 2. The minimum absolute atomic E-state index is 0.119. The molecule has 0 radical (unpaired) electrons. The van der Waals surface area contributed by atoms with Gasteiger partial charge in [-0.1, -0.05) is 48.5 Å². The molecule has 1 fully saturated rings. The molecular weight excluding hydrogens is 479 g/mol. The van der Waals surface area contributed by atoms with Crippen LogP contribution in [0.2, 0.25) is 0 Å². The van der Waals surface area contributed by atoms with Crippen molar-refractivity contribution in [1.29, 1.82) is 0 Å². The van der Waals surface area contributed by atoms with Crippen molar-refractivity contribution >= 4 is 34.0 Å². The topological polar surface area (TPSA) is 64.7 Å². The van der Waals surface area contributed by atoms with Crippen LogP contribution in [0.3, 0.4) is 0 Å². The van der Waals surface area contributed by atoms with Crippen molar-refractivity contribution in [2.75, 3.05) is 42.9 Å². The first kappa shape index (κ1) is 25.4. The van der Waals surface area contributed by atoms with E-state index in [4.69, 9.17) is 0 Å². The number of carbonyl (C=O) groups is 2. The van der Waals surface area contributed by atoms with Gasteiger partial charge < -0.3 is 15.5 Å². The highest BCUT2D eigenvalue weighted by Gasteiger charge is 2.20. The fraction of sp³-hybridized carbons (Fsp3) is 0.226. The molecule has 5 rings (SSSR count). The summed E-state index contributed by atoms with van der Waals surface area (Å²) in [7, 11) is 0. The van der Waals surface area contributed by atoms with Crippen molar-refractivity contribution in [1.82, 2.24) is 10.2 Å². The molecule has 4 aromatic carbocycles. The minimum Gasteiger partial charge on any atom is -0.369 e. The maximum absolute atomic E-state index is 13.2. The molecule has 1 aliphatic rings. The Morgan fingerprint density at radius 3 is 2.39 bits per heavy atom. The van der Waals surface area contributed by atoms with Gasteiger partial charge in [-0.15, -0.1) is 0 Å². The number of fused-ring (bicyclic) bond motifs is 1. The second-order valence-corrected chi connectivity index (χ2v) is 9.64. The van der Waals surface area contributed by atoms with Crippen molar-refractivity contribution < 1.29 is 14.0 Å². The zero-order valence-electron chi connectivity index (χ0n) is 21.4. The van der Waals surface area contributed by atoms with Gasteiger partial charge in [-0.25, -0.2) is 4.39 Å². The van der Waals surface area contributed by atoms with Crippen LogP contribution >= 0.6 is 0 Å². The molecule has 0 unspecified atom stereocenters. The average Bonchev–Trinajstić information content (AvgIpc) is 2.93. The first-order chi connectivity index (χ1) is 18.5. The van der Waals surface area contributed by atoms with Gasteiger partial charge in [0.25, 0.3) is 5.91 Å². The molecule has 0 aromatic heterocycles. The fourth-order valence-electron chi connectivity index (χ4n) is 4.88. The number of nitrogens with zero attached hydrogens (tertiary/aromatic N) is 2. The Morgan fingerprint density at radius 1 is 0.868 bits per heavy atom. The van der Waals surface area contributed by atoms with E-state index >= 15 is 0 Å². The van der Waals surface area contributed by atoms with E-state index < -0.39 is 0 Å². The Labute approximate surface area is 222 Å². The second kappa shape index (κ2) is 11.4. The third-order valence-corrected chi connectivity index (χ3v) is 7.02. The third kappa shape index (κ3) is 6.01. The number of amides is 2. The number of aryl methyl sites for hydroxylation is 1. The van der Waals surface area contributed by atoms with Crippen LogP contribution in [0.5, 0.6) is 0 Å². The van der Waals surface area contributed by atoms with Gasteiger partial charge in [-0.3, -0.25) is 14.5 Å². The van der Waals surface area contributed by atoms with Crippen molar-refractivity contribution in [2.24, 2.45) is 0 Å². The molecule has 2 N–H and O–H groups in total. The molecule has 2 amide bonds. The van der Waals surface area contributed by atoms with E-state index in [1.807, 2.05) is 43.3 Å². The smallest absolute Gasteiger partial charge is 0.251 e. The number of hydrogen-bond acceptors (Lipinski definition) is 4. The molecule has 7 heteroatoms. The lowest BCUT2D eigenvalue weighted by atomic mass is 10.0. The van der Waals surface area contributed by atoms with Crippen LogP contribution in [-0.4, -0.2) is 49.4 Å².